The van der Waals surface area contributed by atoms with Crippen molar-refractivity contribution in [1.29, 1.82) is 0 Å². The first kappa shape index (κ1) is 14.3. The van der Waals surface area contributed by atoms with Crippen LogP contribution in [0.25, 0.3) is 5.69 Å². The number of nitrogens with zero attached hydrogens (tertiary/aromatic N) is 3. The van der Waals surface area contributed by atoms with Crippen LogP contribution in [0.2, 0.25) is 0 Å². The van der Waals surface area contributed by atoms with Gasteiger partial charge in [0.15, 0.2) is 6.20 Å². The van der Waals surface area contributed by atoms with E-state index in [9.17, 15) is 5.21 Å². The van der Waals surface area contributed by atoms with E-state index in [1.807, 2.05) is 30.3 Å². The van der Waals surface area contributed by atoms with Gasteiger partial charge in [0.1, 0.15) is 0 Å². The van der Waals surface area contributed by atoms with Gasteiger partial charge in [-0.05, 0) is 54.8 Å². The molecule has 1 aromatic carbocycles. The van der Waals surface area contributed by atoms with E-state index in [4.69, 9.17) is 5.10 Å². The van der Waals surface area contributed by atoms with E-state index in [1.54, 1.807) is 17.8 Å². The first-order chi connectivity index (χ1) is 11.3. The van der Waals surface area contributed by atoms with Crippen molar-refractivity contribution < 1.29 is 4.73 Å². The Balaban J connectivity index is 1.64. The summed E-state index contributed by atoms with van der Waals surface area (Å²) < 4.78 is 2.99. The van der Waals surface area contributed by atoms with E-state index in [1.165, 1.54) is 23.9 Å². The molecule has 5 heteroatoms. The highest BCUT2D eigenvalue weighted by molar-refractivity contribution is 7.98. The summed E-state index contributed by atoms with van der Waals surface area (Å²) >= 11 is 1.55. The fourth-order valence-electron chi connectivity index (χ4n) is 3.08. The summed E-state index contributed by atoms with van der Waals surface area (Å²) in [7, 11) is 0. The normalized spacial score (nSPS) is 13.2. The van der Waals surface area contributed by atoms with Gasteiger partial charge in [-0.3, -0.25) is 0 Å². The molecule has 0 radical (unpaired) electrons. The molecule has 1 aliphatic carbocycles. The van der Waals surface area contributed by atoms with Crippen molar-refractivity contribution in [3.8, 4) is 5.69 Å². The zero-order valence-corrected chi connectivity index (χ0v) is 13.5. The van der Waals surface area contributed by atoms with Crippen LogP contribution in [0.4, 0.5) is 0 Å². The maximum atomic E-state index is 11.8. The van der Waals surface area contributed by atoms with Crippen LogP contribution in [-0.4, -0.2) is 9.78 Å². The lowest BCUT2D eigenvalue weighted by atomic mass is 10.2. The summed E-state index contributed by atoms with van der Waals surface area (Å²) in [6, 6.07) is 15.8. The molecule has 2 aromatic heterocycles. The van der Waals surface area contributed by atoms with Gasteiger partial charge in [-0.25, -0.2) is 4.68 Å². The molecule has 0 atom stereocenters. The molecule has 116 valence electrons. The maximum absolute atomic E-state index is 11.8. The lowest BCUT2D eigenvalue weighted by Crippen LogP contribution is -2.27. The fourth-order valence-corrected chi connectivity index (χ4v) is 3.96. The molecule has 0 fully saturated rings. The van der Waals surface area contributed by atoms with Crippen molar-refractivity contribution in [2.75, 3.05) is 0 Å². The van der Waals surface area contributed by atoms with E-state index in [-0.39, 0.29) is 0 Å². The van der Waals surface area contributed by atoms with Crippen LogP contribution in [0.15, 0.2) is 59.8 Å². The molecule has 2 heterocycles. The number of aromatic nitrogens is 3. The van der Waals surface area contributed by atoms with Crippen molar-refractivity contribution in [1.82, 2.24) is 9.78 Å². The Morgan fingerprint density at radius 1 is 1.09 bits per heavy atom. The van der Waals surface area contributed by atoms with Crippen LogP contribution < -0.4 is 4.73 Å². The average Bonchev–Trinajstić information content (AvgIpc) is 3.18. The van der Waals surface area contributed by atoms with Gasteiger partial charge < -0.3 is 5.21 Å². The first-order valence-corrected chi connectivity index (χ1v) is 8.77. The zero-order valence-electron chi connectivity index (χ0n) is 12.7. The van der Waals surface area contributed by atoms with Gasteiger partial charge in [0.2, 0.25) is 0 Å². The highest BCUT2D eigenvalue weighted by atomic mass is 32.2. The monoisotopic (exact) mass is 323 g/mol. The van der Waals surface area contributed by atoms with Gasteiger partial charge in [-0.1, -0.05) is 18.2 Å². The third-order valence-corrected chi connectivity index (χ3v) is 5.19. The van der Waals surface area contributed by atoms with Crippen LogP contribution in [0.3, 0.4) is 0 Å². The van der Waals surface area contributed by atoms with Gasteiger partial charge in [-0.15, -0.1) is 0 Å². The smallest absolute Gasteiger partial charge is 0.251 e. The summed E-state index contributed by atoms with van der Waals surface area (Å²) in [5.41, 5.74) is 4.92. The van der Waals surface area contributed by atoms with Gasteiger partial charge in [0, 0.05) is 23.6 Å². The molecular formula is C18H17N3OS. The van der Waals surface area contributed by atoms with E-state index in [0.717, 1.165) is 34.7 Å². The molecule has 0 N–H and O–H groups in total. The Labute approximate surface area is 139 Å². The molecule has 0 amide bonds. The van der Waals surface area contributed by atoms with Crippen molar-refractivity contribution in [3.05, 3.63) is 76.9 Å². The zero-order chi connectivity index (χ0) is 15.6. The number of hydrogen-bond acceptors (Lipinski definition) is 3. The molecule has 0 unspecified atom stereocenters. The lowest BCUT2D eigenvalue weighted by Gasteiger charge is -2.05. The molecule has 4 nitrogen and oxygen atoms in total. The van der Waals surface area contributed by atoms with E-state index in [2.05, 4.69) is 16.8 Å². The molecule has 1 aliphatic rings. The molecule has 0 spiro atoms. The van der Waals surface area contributed by atoms with Crippen molar-refractivity contribution in [2.24, 2.45) is 0 Å². The Kier molecular flexibility index (Phi) is 3.79. The number of rotatable bonds is 4. The standard InChI is InChI=1S/C18H17N3OS/c22-20-12-5-4-11-18(20)23-13-16-15-9-6-10-17(15)21(19-16)14-7-2-1-3-8-14/h1-5,7-8,11-12H,6,9-10,13H2. The van der Waals surface area contributed by atoms with Gasteiger partial charge in [0.25, 0.3) is 5.03 Å². The predicted octanol–water partition coefficient (Wildman–Crippen LogP) is 3.29. The highest BCUT2D eigenvalue weighted by Crippen LogP contribution is 2.31. The molecule has 23 heavy (non-hydrogen) atoms. The number of fused-ring (bicyclic) bond motifs is 1. The van der Waals surface area contributed by atoms with Crippen molar-refractivity contribution >= 4 is 11.8 Å². The van der Waals surface area contributed by atoms with Crippen LogP contribution >= 0.6 is 11.8 Å². The molecule has 0 saturated heterocycles. The van der Waals surface area contributed by atoms with Crippen LogP contribution in [0.1, 0.15) is 23.4 Å². The Hall–Kier alpha value is -2.27. The SMILES string of the molecule is [O-][n+]1ccccc1SCc1nn(-c2ccccc2)c2c1CCC2. The number of hydrogen-bond donors (Lipinski definition) is 0. The third kappa shape index (κ3) is 2.72. The van der Waals surface area contributed by atoms with Crippen LogP contribution in [0.5, 0.6) is 0 Å². The van der Waals surface area contributed by atoms with Gasteiger partial charge in [-0.2, -0.15) is 9.83 Å². The number of pyridine rings is 1. The second-order valence-electron chi connectivity index (χ2n) is 5.63. The first-order valence-electron chi connectivity index (χ1n) is 7.79. The molecular weight excluding hydrogens is 306 g/mol. The average molecular weight is 323 g/mol. The van der Waals surface area contributed by atoms with Crippen molar-refractivity contribution in [3.63, 3.8) is 0 Å². The van der Waals surface area contributed by atoms with E-state index >= 15 is 0 Å². The number of thioether (sulfide) groups is 1. The minimum absolute atomic E-state index is 0.716. The minimum atomic E-state index is 0.716. The fraction of sp³-hybridized carbons (Fsp3) is 0.222. The molecule has 3 aromatic rings. The topological polar surface area (TPSA) is 44.8 Å². The maximum Gasteiger partial charge on any atom is 0.251 e. The molecule has 0 saturated carbocycles. The third-order valence-electron chi connectivity index (χ3n) is 4.16. The highest BCUT2D eigenvalue weighted by Gasteiger charge is 2.23. The van der Waals surface area contributed by atoms with Gasteiger partial charge >= 0.3 is 0 Å². The number of para-hydroxylation sites is 1. The lowest BCUT2D eigenvalue weighted by molar-refractivity contribution is -0.645. The number of benzene rings is 1. The van der Waals surface area contributed by atoms with E-state index in [0.29, 0.717) is 5.03 Å². The quantitative estimate of drug-likeness (QED) is 0.420. The summed E-state index contributed by atoms with van der Waals surface area (Å²) in [5.74, 6) is 0.731. The van der Waals surface area contributed by atoms with Crippen LogP contribution in [0, 0.1) is 5.21 Å². The summed E-state index contributed by atoms with van der Waals surface area (Å²) in [5, 5.41) is 17.3. The summed E-state index contributed by atoms with van der Waals surface area (Å²) in [6.45, 7) is 0. The second-order valence-corrected chi connectivity index (χ2v) is 6.62. The van der Waals surface area contributed by atoms with Crippen molar-refractivity contribution in [2.45, 2.75) is 30.0 Å². The summed E-state index contributed by atoms with van der Waals surface area (Å²) in [4.78, 5) is 0. The Morgan fingerprint density at radius 3 is 2.74 bits per heavy atom. The largest absolute Gasteiger partial charge is 0.618 e. The molecule has 0 bridgehead atoms. The minimum Gasteiger partial charge on any atom is -0.618 e. The Bertz CT molecular complexity index is 830. The Morgan fingerprint density at radius 2 is 1.91 bits per heavy atom. The predicted molar refractivity (Wildman–Crippen MR) is 90.6 cm³/mol. The second kappa shape index (κ2) is 6.08. The van der Waals surface area contributed by atoms with Gasteiger partial charge in [0.05, 0.1) is 11.4 Å². The van der Waals surface area contributed by atoms with E-state index < -0.39 is 0 Å². The van der Waals surface area contributed by atoms with Crippen LogP contribution in [-0.2, 0) is 18.6 Å². The summed E-state index contributed by atoms with van der Waals surface area (Å²) in [6.07, 6.45) is 4.89. The molecule has 4 rings (SSSR count). The molecule has 0 aliphatic heterocycles.